The maximum atomic E-state index is 9.00. The first-order chi connectivity index (χ1) is 1.73. The van der Waals surface area contributed by atoms with Crippen LogP contribution in [-0.2, 0) is 4.79 Å². The van der Waals surface area contributed by atoms with Gasteiger partial charge < -0.3 is 10.6 Å². The molecule has 36 valence electrons. The SMILES string of the molecule is CC(=O)O.O.[BaH2]. The van der Waals surface area contributed by atoms with E-state index in [4.69, 9.17) is 9.90 Å². The molecule has 0 aliphatic rings. The third kappa shape index (κ3) is 79.9. The summed E-state index contributed by atoms with van der Waals surface area (Å²) >= 11 is 0. The van der Waals surface area contributed by atoms with Crippen molar-refractivity contribution in [2.75, 3.05) is 0 Å². The van der Waals surface area contributed by atoms with Crippen LogP contribution >= 0.6 is 0 Å². The van der Waals surface area contributed by atoms with Gasteiger partial charge in [-0.25, -0.2) is 0 Å². The molecule has 0 amide bonds. The van der Waals surface area contributed by atoms with Gasteiger partial charge in [-0.15, -0.1) is 0 Å². The second kappa shape index (κ2) is 9.38. The predicted molar refractivity (Wildman–Crippen MR) is 25.5 cm³/mol. The zero-order valence-corrected chi connectivity index (χ0v) is 2.86. The van der Waals surface area contributed by atoms with E-state index in [1.807, 2.05) is 0 Å². The molecular weight excluding hydrogens is 209 g/mol. The monoisotopic (exact) mass is 218 g/mol. The van der Waals surface area contributed by atoms with Gasteiger partial charge in [0.2, 0.25) is 0 Å². The van der Waals surface area contributed by atoms with E-state index in [1.165, 1.54) is 0 Å². The van der Waals surface area contributed by atoms with Crippen LogP contribution in [0.15, 0.2) is 0 Å². The Morgan fingerprint density at radius 1 is 1.67 bits per heavy atom. The Morgan fingerprint density at radius 3 is 1.67 bits per heavy atom. The topological polar surface area (TPSA) is 68.8 Å². The second-order valence-corrected chi connectivity index (χ2v) is 0.519. The van der Waals surface area contributed by atoms with Gasteiger partial charge in [0, 0.05) is 6.92 Å². The zero-order chi connectivity index (χ0) is 3.58. The Balaban J connectivity index is -0.0000000450. The van der Waals surface area contributed by atoms with Crippen LogP contribution < -0.4 is 0 Å². The number of carbonyl (C=O) groups is 1. The number of hydrogen-bond donors (Lipinski definition) is 1. The van der Waals surface area contributed by atoms with Crippen molar-refractivity contribution in [2.24, 2.45) is 0 Å². The number of carboxylic acids is 1. The molecule has 0 rings (SSSR count). The number of rotatable bonds is 0. The minimum atomic E-state index is -0.833. The Hall–Kier alpha value is 1.00. The van der Waals surface area contributed by atoms with E-state index in [-0.39, 0.29) is 54.4 Å². The molecule has 0 aromatic heterocycles. The second-order valence-electron chi connectivity index (χ2n) is 0.519. The van der Waals surface area contributed by atoms with E-state index >= 15 is 0 Å². The molecule has 0 fully saturated rings. The van der Waals surface area contributed by atoms with Gasteiger partial charge >= 0.3 is 48.9 Å². The first-order valence-electron chi connectivity index (χ1n) is 0.928. The van der Waals surface area contributed by atoms with Gasteiger partial charge in [-0.3, -0.25) is 4.79 Å². The standard InChI is InChI=1S/C2H4O2.Ba.H2O.2H/c1-2(3)4;;;;/h1H3,(H,3,4);;1H2;;. The number of hydrogen-bond acceptors (Lipinski definition) is 1. The Bertz CT molecular complexity index is 31.8. The quantitative estimate of drug-likeness (QED) is 0.494. The first-order valence-corrected chi connectivity index (χ1v) is 0.928. The van der Waals surface area contributed by atoms with Gasteiger partial charge in [0.25, 0.3) is 5.97 Å². The fourth-order valence-corrected chi connectivity index (χ4v) is 0. The van der Waals surface area contributed by atoms with E-state index in [0.29, 0.717) is 0 Å². The summed E-state index contributed by atoms with van der Waals surface area (Å²) in [6.07, 6.45) is 0. The van der Waals surface area contributed by atoms with E-state index in [0.717, 1.165) is 6.92 Å². The van der Waals surface area contributed by atoms with Gasteiger partial charge in [0.05, 0.1) is 0 Å². The average molecular weight is 217 g/mol. The Labute approximate surface area is 76.1 Å². The normalized spacial score (nSPS) is 4.17. The average Bonchev–Trinajstić information content (AvgIpc) is 0.811. The maximum absolute atomic E-state index is 9.00. The van der Waals surface area contributed by atoms with Crippen molar-refractivity contribution in [1.29, 1.82) is 0 Å². The summed E-state index contributed by atoms with van der Waals surface area (Å²) in [4.78, 5) is 9.00. The molecule has 6 heavy (non-hydrogen) atoms. The van der Waals surface area contributed by atoms with E-state index < -0.39 is 5.97 Å². The molecule has 0 unspecified atom stereocenters. The van der Waals surface area contributed by atoms with Gasteiger partial charge in [-0.2, -0.15) is 0 Å². The molecule has 0 saturated heterocycles. The van der Waals surface area contributed by atoms with E-state index in [2.05, 4.69) is 0 Å². The van der Waals surface area contributed by atoms with Crippen LogP contribution in [0, 0.1) is 0 Å². The molecule has 0 radical (unpaired) electrons. The van der Waals surface area contributed by atoms with Crippen molar-refractivity contribution in [3.63, 3.8) is 0 Å². The van der Waals surface area contributed by atoms with Crippen LogP contribution in [0.3, 0.4) is 0 Å². The summed E-state index contributed by atoms with van der Waals surface area (Å²) in [7, 11) is 0. The zero-order valence-electron chi connectivity index (χ0n) is 2.86. The van der Waals surface area contributed by atoms with Gasteiger partial charge in [0.1, 0.15) is 0 Å². The Morgan fingerprint density at radius 2 is 1.67 bits per heavy atom. The van der Waals surface area contributed by atoms with Gasteiger partial charge in [-0.05, 0) is 0 Å². The molecule has 0 saturated carbocycles. The minimum absolute atomic E-state index is 0. The van der Waals surface area contributed by atoms with E-state index in [9.17, 15) is 0 Å². The summed E-state index contributed by atoms with van der Waals surface area (Å²) < 4.78 is 0. The molecular formula is C2H8BaO3. The van der Waals surface area contributed by atoms with Crippen LogP contribution in [-0.4, -0.2) is 65.4 Å². The third-order valence-corrected chi connectivity index (χ3v) is 0. The molecule has 0 bridgehead atoms. The van der Waals surface area contributed by atoms with Gasteiger partial charge in [0.15, 0.2) is 0 Å². The molecule has 3 N–H and O–H groups in total. The Kier molecular flexibility index (Phi) is 24.6. The van der Waals surface area contributed by atoms with Gasteiger partial charge in [-0.1, -0.05) is 0 Å². The summed E-state index contributed by atoms with van der Waals surface area (Å²) in [5.74, 6) is -0.833. The molecule has 0 aliphatic carbocycles. The van der Waals surface area contributed by atoms with Crippen molar-refractivity contribution in [3.05, 3.63) is 0 Å². The molecule has 3 nitrogen and oxygen atoms in total. The fraction of sp³-hybridized carbons (Fsp3) is 0.500. The molecule has 0 aliphatic heterocycles. The van der Waals surface area contributed by atoms with Crippen molar-refractivity contribution in [1.82, 2.24) is 0 Å². The van der Waals surface area contributed by atoms with Crippen molar-refractivity contribution < 1.29 is 15.4 Å². The number of carboxylic acid groups (broad SMARTS) is 1. The fourth-order valence-electron chi connectivity index (χ4n) is 0. The van der Waals surface area contributed by atoms with E-state index in [1.54, 1.807) is 0 Å². The van der Waals surface area contributed by atoms with Crippen molar-refractivity contribution in [2.45, 2.75) is 6.92 Å². The molecule has 0 aromatic carbocycles. The third-order valence-electron chi connectivity index (χ3n) is 0. The molecule has 0 heterocycles. The summed E-state index contributed by atoms with van der Waals surface area (Å²) in [5.41, 5.74) is 0. The number of aliphatic carboxylic acids is 1. The molecule has 0 atom stereocenters. The van der Waals surface area contributed by atoms with Crippen molar-refractivity contribution in [3.8, 4) is 0 Å². The summed E-state index contributed by atoms with van der Waals surface area (Å²) in [5, 5.41) is 7.42. The molecule has 4 heteroatoms. The van der Waals surface area contributed by atoms with Crippen LogP contribution in [0.5, 0.6) is 0 Å². The summed E-state index contributed by atoms with van der Waals surface area (Å²) in [6, 6.07) is 0. The van der Waals surface area contributed by atoms with Crippen LogP contribution in [0.2, 0.25) is 0 Å². The van der Waals surface area contributed by atoms with Crippen molar-refractivity contribution >= 4 is 54.9 Å². The molecule has 0 aromatic rings. The van der Waals surface area contributed by atoms with Crippen LogP contribution in [0.4, 0.5) is 0 Å². The summed E-state index contributed by atoms with van der Waals surface area (Å²) in [6.45, 7) is 1.08. The predicted octanol–water partition coefficient (Wildman–Crippen LogP) is -1.65. The van der Waals surface area contributed by atoms with Crippen LogP contribution in [0.25, 0.3) is 0 Å². The molecule has 0 spiro atoms. The first kappa shape index (κ1) is 15.7. The van der Waals surface area contributed by atoms with Crippen LogP contribution in [0.1, 0.15) is 6.92 Å².